The second-order valence-corrected chi connectivity index (χ2v) is 6.75. The number of amides is 1. The van der Waals surface area contributed by atoms with Gasteiger partial charge in [0.25, 0.3) is 5.91 Å². The van der Waals surface area contributed by atoms with Crippen molar-refractivity contribution < 1.29 is 33.4 Å². The minimum atomic E-state index is -1.53. The number of carbonyl (C=O) groups excluding carboxylic acids is 3. The number of carbonyl (C=O) groups is 4. The number of alkyl halides is 1. The smallest absolute Gasteiger partial charge is 0.419 e. The van der Waals surface area contributed by atoms with Crippen molar-refractivity contribution in [2.75, 3.05) is 13.3 Å². The van der Waals surface area contributed by atoms with E-state index in [4.69, 9.17) is 9.84 Å². The Hall–Kier alpha value is -3.75. The third kappa shape index (κ3) is 4.29. The predicted octanol–water partition coefficient (Wildman–Crippen LogP) is 2.59. The number of aryl methyl sites for hydroxylation is 1. The average molecular weight is 414 g/mol. The first-order valence-electron chi connectivity index (χ1n) is 9.08. The summed E-state index contributed by atoms with van der Waals surface area (Å²) in [5.41, 5.74) is 2.14. The number of halogens is 1. The van der Waals surface area contributed by atoms with E-state index in [-0.39, 0.29) is 0 Å². The lowest BCUT2D eigenvalue weighted by atomic mass is 10.1. The average Bonchev–Trinajstić information content (AvgIpc) is 3.04. The first-order chi connectivity index (χ1) is 14.3. The zero-order chi connectivity index (χ0) is 21.8. The second-order valence-electron chi connectivity index (χ2n) is 6.75. The van der Waals surface area contributed by atoms with Crippen LogP contribution in [0, 0.1) is 6.92 Å². The first kappa shape index (κ1) is 21.0. The van der Waals surface area contributed by atoms with E-state index in [1.54, 1.807) is 12.1 Å². The van der Waals surface area contributed by atoms with Crippen LogP contribution in [0.2, 0.25) is 0 Å². The number of nitrogens with one attached hydrogen (secondary N) is 1. The molecule has 0 aliphatic heterocycles. The van der Waals surface area contributed by atoms with E-state index in [1.807, 2.05) is 37.3 Å². The predicted molar refractivity (Wildman–Crippen MR) is 106 cm³/mol. The molecule has 0 aliphatic rings. The molecule has 0 fully saturated rings. The fourth-order valence-corrected chi connectivity index (χ4v) is 3.22. The molecule has 2 N–H and O–H groups in total. The van der Waals surface area contributed by atoms with Gasteiger partial charge in [0.2, 0.25) is 0 Å². The number of hydrogen-bond donors (Lipinski definition) is 2. The lowest BCUT2D eigenvalue weighted by Gasteiger charge is -2.14. The number of nitrogens with zero attached hydrogens (tertiary/aromatic N) is 1. The number of rotatable bonds is 7. The molecule has 1 atom stereocenters. The van der Waals surface area contributed by atoms with E-state index >= 15 is 0 Å². The molecule has 9 heteroatoms. The SMILES string of the molecule is Cc1ccc2c3ccccc3n(C(=O)OCC(=O)NC(CC(=O)O)C(=O)CF)c2c1. The van der Waals surface area contributed by atoms with E-state index < -0.39 is 49.5 Å². The van der Waals surface area contributed by atoms with Crippen LogP contribution < -0.4 is 5.32 Å². The number of ether oxygens (including phenoxy) is 1. The Morgan fingerprint density at radius 3 is 2.50 bits per heavy atom. The Bertz CT molecular complexity index is 1150. The number of fused-ring (bicyclic) bond motifs is 3. The topological polar surface area (TPSA) is 115 Å². The van der Waals surface area contributed by atoms with Crippen molar-refractivity contribution >= 4 is 45.6 Å². The van der Waals surface area contributed by atoms with Crippen molar-refractivity contribution in [3.05, 3.63) is 48.0 Å². The van der Waals surface area contributed by atoms with Gasteiger partial charge in [-0.2, -0.15) is 0 Å². The van der Waals surface area contributed by atoms with Crippen molar-refractivity contribution in [3.8, 4) is 0 Å². The van der Waals surface area contributed by atoms with Crippen molar-refractivity contribution in [3.63, 3.8) is 0 Å². The number of carboxylic acids is 1. The summed E-state index contributed by atoms with van der Waals surface area (Å²) >= 11 is 0. The number of aliphatic carboxylic acids is 1. The van der Waals surface area contributed by atoms with E-state index in [1.165, 1.54) is 4.57 Å². The summed E-state index contributed by atoms with van der Waals surface area (Å²) in [6, 6.07) is 11.3. The van der Waals surface area contributed by atoms with Gasteiger partial charge >= 0.3 is 12.1 Å². The molecule has 0 aliphatic carbocycles. The Labute approximate surface area is 170 Å². The molecule has 1 heterocycles. The lowest BCUT2D eigenvalue weighted by molar-refractivity contribution is -0.140. The summed E-state index contributed by atoms with van der Waals surface area (Å²) in [5, 5.41) is 12.6. The molecule has 0 saturated carbocycles. The van der Waals surface area contributed by atoms with Gasteiger partial charge in [0, 0.05) is 10.8 Å². The van der Waals surface area contributed by atoms with Gasteiger partial charge in [0.05, 0.1) is 17.5 Å². The molecule has 3 aromatic rings. The summed E-state index contributed by atoms with van der Waals surface area (Å²) in [5.74, 6) is -3.36. The summed E-state index contributed by atoms with van der Waals surface area (Å²) in [4.78, 5) is 47.1. The Morgan fingerprint density at radius 2 is 1.80 bits per heavy atom. The van der Waals surface area contributed by atoms with Crippen LogP contribution in [0.15, 0.2) is 42.5 Å². The molecule has 2 aromatic carbocycles. The van der Waals surface area contributed by atoms with E-state index in [2.05, 4.69) is 5.32 Å². The second kappa shape index (κ2) is 8.73. The van der Waals surface area contributed by atoms with Gasteiger partial charge in [0.15, 0.2) is 12.4 Å². The molecule has 156 valence electrons. The standard InChI is InChI=1S/C21H19FN2O6/c1-12-6-7-14-13-4-2-3-5-16(13)24(17(14)8-12)21(29)30-11-19(26)23-15(9-20(27)28)18(25)10-22/h2-8,15H,9-11H2,1H3,(H,23,26)(H,27,28). The Morgan fingerprint density at radius 1 is 1.10 bits per heavy atom. The molecular weight excluding hydrogens is 395 g/mol. The zero-order valence-electron chi connectivity index (χ0n) is 16.1. The van der Waals surface area contributed by atoms with Gasteiger partial charge in [-0.3, -0.25) is 14.4 Å². The molecule has 8 nitrogen and oxygen atoms in total. The molecule has 0 bridgehead atoms. The molecule has 0 saturated heterocycles. The Balaban J connectivity index is 1.80. The Kier molecular flexibility index (Phi) is 6.10. The minimum absolute atomic E-state index is 0.597. The number of para-hydroxylation sites is 1. The number of hydrogen-bond acceptors (Lipinski definition) is 5. The number of ketones is 1. The monoisotopic (exact) mass is 414 g/mol. The fraction of sp³-hybridized carbons (Fsp3) is 0.238. The maximum Gasteiger partial charge on any atom is 0.419 e. The van der Waals surface area contributed by atoms with Gasteiger partial charge in [-0.15, -0.1) is 0 Å². The van der Waals surface area contributed by atoms with Crippen LogP contribution in [0.1, 0.15) is 12.0 Å². The van der Waals surface area contributed by atoms with Crippen molar-refractivity contribution in [2.45, 2.75) is 19.4 Å². The maximum atomic E-state index is 12.7. The maximum absolute atomic E-state index is 12.7. The molecule has 1 unspecified atom stereocenters. The van der Waals surface area contributed by atoms with Crippen LogP contribution in [-0.2, 0) is 19.1 Å². The summed E-state index contributed by atoms with van der Waals surface area (Å²) < 4.78 is 19.0. The summed E-state index contributed by atoms with van der Waals surface area (Å²) in [7, 11) is 0. The minimum Gasteiger partial charge on any atom is -0.481 e. The van der Waals surface area contributed by atoms with Gasteiger partial charge in [-0.05, 0) is 24.6 Å². The zero-order valence-corrected chi connectivity index (χ0v) is 16.1. The van der Waals surface area contributed by atoms with Crippen LogP contribution >= 0.6 is 0 Å². The van der Waals surface area contributed by atoms with Crippen LogP contribution in [0.3, 0.4) is 0 Å². The van der Waals surface area contributed by atoms with E-state index in [0.717, 1.165) is 16.3 Å². The third-order valence-electron chi connectivity index (χ3n) is 4.57. The lowest BCUT2D eigenvalue weighted by Crippen LogP contribution is -2.44. The van der Waals surface area contributed by atoms with Gasteiger partial charge < -0.3 is 15.2 Å². The van der Waals surface area contributed by atoms with Gasteiger partial charge in [0.1, 0.15) is 12.7 Å². The largest absolute Gasteiger partial charge is 0.481 e. The normalized spacial score (nSPS) is 11.9. The number of Topliss-reactive ketones (excluding diaryl/α,β-unsaturated/α-hetero) is 1. The van der Waals surface area contributed by atoms with Crippen LogP contribution in [0.5, 0.6) is 0 Å². The highest BCUT2D eigenvalue weighted by Gasteiger charge is 2.24. The van der Waals surface area contributed by atoms with E-state index in [0.29, 0.717) is 11.0 Å². The highest BCUT2D eigenvalue weighted by Crippen LogP contribution is 2.29. The van der Waals surface area contributed by atoms with Crippen LogP contribution in [0.4, 0.5) is 9.18 Å². The third-order valence-corrected chi connectivity index (χ3v) is 4.57. The summed E-state index contributed by atoms with van der Waals surface area (Å²) in [6.07, 6.45) is -1.58. The highest BCUT2D eigenvalue weighted by atomic mass is 19.1. The van der Waals surface area contributed by atoms with Crippen molar-refractivity contribution in [1.82, 2.24) is 9.88 Å². The van der Waals surface area contributed by atoms with Gasteiger partial charge in [-0.1, -0.05) is 30.3 Å². The molecule has 1 amide bonds. The fourth-order valence-electron chi connectivity index (χ4n) is 3.22. The molecule has 30 heavy (non-hydrogen) atoms. The number of aromatic nitrogens is 1. The highest BCUT2D eigenvalue weighted by molar-refractivity contribution is 6.12. The number of carboxylic acid groups (broad SMARTS) is 1. The number of benzene rings is 2. The van der Waals surface area contributed by atoms with E-state index in [9.17, 15) is 23.6 Å². The molecule has 0 radical (unpaired) electrons. The molecule has 0 spiro atoms. The van der Waals surface area contributed by atoms with Crippen molar-refractivity contribution in [2.24, 2.45) is 0 Å². The molecule has 1 aromatic heterocycles. The van der Waals surface area contributed by atoms with Crippen molar-refractivity contribution in [1.29, 1.82) is 0 Å². The molecule has 3 rings (SSSR count). The molecular formula is C21H19FN2O6. The van der Waals surface area contributed by atoms with Crippen LogP contribution in [0.25, 0.3) is 21.8 Å². The quantitative estimate of drug-likeness (QED) is 0.614. The van der Waals surface area contributed by atoms with Gasteiger partial charge in [-0.25, -0.2) is 13.8 Å². The van der Waals surface area contributed by atoms with Crippen LogP contribution in [-0.4, -0.2) is 52.7 Å². The first-order valence-corrected chi connectivity index (χ1v) is 9.08. The summed E-state index contributed by atoms with van der Waals surface area (Å²) in [6.45, 7) is -0.294.